The molecule has 1 aromatic rings. The van der Waals surface area contributed by atoms with Crippen LogP contribution in [0.1, 0.15) is 72.3 Å². The minimum Gasteiger partial charge on any atom is -0.480 e. The number of benzene rings is 1. The number of allylic oxidation sites excluding steroid dienone is 2. The lowest BCUT2D eigenvalue weighted by molar-refractivity contribution is -0.146. The quantitative estimate of drug-likeness (QED) is 0.0323. The number of hydrogen-bond donors (Lipinski definition) is 10. The van der Waals surface area contributed by atoms with Crippen LogP contribution in [-0.4, -0.2) is 154 Å². The van der Waals surface area contributed by atoms with Gasteiger partial charge in [-0.05, 0) is 51.5 Å². The molecule has 0 saturated carbocycles. The number of aliphatic carboxylic acids is 2. The molecule has 0 spiro atoms. The molecule has 1 aromatic carbocycles. The van der Waals surface area contributed by atoms with Crippen LogP contribution in [0.15, 0.2) is 71.4 Å². The van der Waals surface area contributed by atoms with Gasteiger partial charge in [0.1, 0.15) is 35.9 Å². The normalized spacial score (nSPS) is 25.5. The summed E-state index contributed by atoms with van der Waals surface area (Å²) in [4.78, 5) is 126. The summed E-state index contributed by atoms with van der Waals surface area (Å²) in [6.07, 6.45) is 5.54. The number of likely N-dealkylation sites (N-methyl/N-ethyl adjacent to an activating group) is 1. The van der Waals surface area contributed by atoms with Crippen molar-refractivity contribution < 1.29 is 62.3 Å². The first-order chi connectivity index (χ1) is 33.8. The van der Waals surface area contributed by atoms with E-state index >= 15 is 0 Å². The summed E-state index contributed by atoms with van der Waals surface area (Å²) < 4.78 is 17.9. The van der Waals surface area contributed by atoms with E-state index < -0.39 is 131 Å². The van der Waals surface area contributed by atoms with Crippen molar-refractivity contribution >= 4 is 70.0 Å². The molecule has 7 amide bonds. The molecule has 0 aliphatic carbocycles. The fourth-order valence-electron chi connectivity index (χ4n) is 7.31. The van der Waals surface area contributed by atoms with Crippen molar-refractivity contribution in [3.8, 4) is 0 Å². The summed E-state index contributed by atoms with van der Waals surface area (Å²) in [6, 6.07) is 0.558. The standard InChI is InChI=1S/C48H72N10O13S/c1-26(24-27(2)37(71-8)25-32-14-11-10-12-15-32)17-18-33-28(3)40(60)56-36(46(66)67)19-20-38(59)58(7)31(6)43(63)52-30(5)42(62)55-35(21-23-72(9)70)45(65)57-39(47(68)69)29(4)41(61)54-34(44(64)53-33)16-13-22-51-48(49)50/h10-12,14-15,17-18,24,27-30,33-37,39H,6,13,16,19-23,25H2,1-5,7-9H3,(H,52,63)(H,53,64)(H,54,61)(H,55,62)(H,56,60)(H,57,65)(H,66,67)(H,68,69)(H4,49,50,51)/b18-17+,26-24+/t27-,28-,29-,30+,33-,34-,35-,36+,37-,39+,72?/m0/s1. The van der Waals surface area contributed by atoms with Crippen LogP contribution in [0.5, 0.6) is 0 Å². The van der Waals surface area contributed by atoms with Gasteiger partial charge in [0.05, 0.1) is 24.0 Å². The lowest BCUT2D eigenvalue weighted by Crippen LogP contribution is -2.59. The molecule has 72 heavy (non-hydrogen) atoms. The molecular formula is C48H72N10O13S. The van der Waals surface area contributed by atoms with Gasteiger partial charge in [-0.15, -0.1) is 0 Å². The lowest BCUT2D eigenvalue weighted by Gasteiger charge is -2.28. The molecule has 1 unspecified atom stereocenters. The summed E-state index contributed by atoms with van der Waals surface area (Å²) >= 11 is 0. The molecule has 2 rings (SSSR count). The van der Waals surface area contributed by atoms with Gasteiger partial charge in [-0.25, -0.2) is 9.59 Å². The maximum atomic E-state index is 14.4. The average molecular weight is 1030 g/mol. The molecule has 11 atom stereocenters. The monoisotopic (exact) mass is 1030 g/mol. The molecule has 1 aliphatic rings. The van der Waals surface area contributed by atoms with E-state index in [1.165, 1.54) is 40.2 Å². The second-order valence-corrected chi connectivity index (χ2v) is 19.3. The summed E-state index contributed by atoms with van der Waals surface area (Å²) in [7, 11) is 1.29. The first-order valence-electron chi connectivity index (χ1n) is 23.3. The van der Waals surface area contributed by atoms with E-state index in [1.807, 2.05) is 43.3 Å². The lowest BCUT2D eigenvalue weighted by atomic mass is 9.94. The maximum absolute atomic E-state index is 14.4. The van der Waals surface area contributed by atoms with E-state index in [1.54, 1.807) is 20.1 Å². The largest absolute Gasteiger partial charge is 0.480 e. The Bertz CT molecular complexity index is 2240. The molecule has 1 fully saturated rings. The third kappa shape index (κ3) is 20.4. The Balaban J connectivity index is 2.74. The molecule has 23 nitrogen and oxygen atoms in total. The smallest absolute Gasteiger partial charge is 0.327 e. The van der Waals surface area contributed by atoms with Gasteiger partial charge in [0.2, 0.25) is 35.4 Å². The third-order valence-electron chi connectivity index (χ3n) is 11.9. The van der Waals surface area contributed by atoms with E-state index in [4.69, 9.17) is 16.2 Å². The van der Waals surface area contributed by atoms with E-state index in [9.17, 15) is 57.6 Å². The van der Waals surface area contributed by atoms with Crippen LogP contribution in [0.2, 0.25) is 0 Å². The van der Waals surface area contributed by atoms with Crippen LogP contribution in [0.25, 0.3) is 0 Å². The highest BCUT2D eigenvalue weighted by molar-refractivity contribution is 7.84. The molecule has 24 heteroatoms. The van der Waals surface area contributed by atoms with Gasteiger partial charge in [-0.3, -0.25) is 42.8 Å². The van der Waals surface area contributed by atoms with Gasteiger partial charge >= 0.3 is 11.9 Å². The number of ether oxygens (including phenoxy) is 1. The Kier molecular flexibility index (Phi) is 25.5. The number of nitrogens with zero attached hydrogens (tertiary/aromatic N) is 2. The van der Waals surface area contributed by atoms with Gasteiger partial charge in [0.25, 0.3) is 5.91 Å². The van der Waals surface area contributed by atoms with Crippen molar-refractivity contribution in [2.45, 2.75) is 115 Å². The Hall–Kier alpha value is -6.95. The molecular weight excluding hydrogens is 957 g/mol. The van der Waals surface area contributed by atoms with Crippen molar-refractivity contribution in [1.29, 1.82) is 0 Å². The van der Waals surface area contributed by atoms with Crippen LogP contribution in [0.3, 0.4) is 0 Å². The van der Waals surface area contributed by atoms with Crippen molar-refractivity contribution in [1.82, 2.24) is 36.8 Å². The average Bonchev–Trinajstić information content (AvgIpc) is 3.32. The van der Waals surface area contributed by atoms with Gasteiger partial charge in [0, 0.05) is 55.8 Å². The summed E-state index contributed by atoms with van der Waals surface area (Å²) in [5.74, 6) is -13.0. The van der Waals surface area contributed by atoms with Crippen LogP contribution in [-0.2, 0) is 65.1 Å². The molecule has 0 radical (unpaired) electrons. The van der Waals surface area contributed by atoms with E-state index in [0.29, 0.717) is 12.0 Å². The van der Waals surface area contributed by atoms with Crippen LogP contribution in [0.4, 0.5) is 0 Å². The Morgan fingerprint density at radius 1 is 0.875 bits per heavy atom. The number of carbonyl (C=O) groups is 9. The molecule has 12 N–H and O–H groups in total. The maximum Gasteiger partial charge on any atom is 0.327 e. The molecule has 1 aliphatic heterocycles. The van der Waals surface area contributed by atoms with E-state index in [2.05, 4.69) is 43.5 Å². The zero-order valence-electron chi connectivity index (χ0n) is 42.1. The second-order valence-electron chi connectivity index (χ2n) is 17.7. The Morgan fingerprint density at radius 3 is 2.06 bits per heavy atom. The fraction of sp³-hybridized carbons (Fsp3) is 0.542. The number of amides is 7. The fourth-order valence-corrected chi connectivity index (χ4v) is 7.87. The third-order valence-corrected chi connectivity index (χ3v) is 12.8. The van der Waals surface area contributed by atoms with Crippen molar-refractivity contribution in [2.24, 2.45) is 34.2 Å². The van der Waals surface area contributed by atoms with Crippen LogP contribution >= 0.6 is 0 Å². The van der Waals surface area contributed by atoms with Crippen LogP contribution in [0, 0.1) is 17.8 Å². The number of hydrogen-bond acceptors (Lipinski definition) is 12. The molecule has 0 bridgehead atoms. The number of carboxylic acids is 2. The zero-order chi connectivity index (χ0) is 54.4. The number of carboxylic acid groups (broad SMARTS) is 2. The summed E-state index contributed by atoms with van der Waals surface area (Å²) in [5.41, 5.74) is 12.3. The number of nitrogens with two attached hydrogens (primary N) is 2. The molecule has 0 aromatic heterocycles. The number of aliphatic imine (C=N–C) groups is 1. The number of nitrogens with one attached hydrogen (secondary N) is 6. The topological polar surface area (TPSA) is 360 Å². The summed E-state index contributed by atoms with van der Waals surface area (Å²) in [6.45, 7) is 11.2. The Labute approximate surface area is 422 Å². The molecule has 1 heterocycles. The van der Waals surface area contributed by atoms with E-state index in [0.717, 1.165) is 10.5 Å². The van der Waals surface area contributed by atoms with Gasteiger partial charge < -0.3 is 63.2 Å². The first-order valence-corrected chi connectivity index (χ1v) is 25.0. The number of rotatable bonds is 16. The minimum atomic E-state index is -1.96. The summed E-state index contributed by atoms with van der Waals surface area (Å²) in [5, 5.41) is 35.2. The van der Waals surface area contributed by atoms with Gasteiger partial charge in [-0.1, -0.05) is 81.5 Å². The van der Waals surface area contributed by atoms with Crippen molar-refractivity contribution in [2.75, 3.05) is 32.7 Å². The zero-order valence-corrected chi connectivity index (χ0v) is 42.9. The van der Waals surface area contributed by atoms with Crippen LogP contribution < -0.4 is 43.4 Å². The predicted octanol–water partition coefficient (Wildman–Crippen LogP) is -0.659. The minimum absolute atomic E-state index is 0.00331. The molecule has 398 valence electrons. The highest BCUT2D eigenvalue weighted by Crippen LogP contribution is 2.19. The second kappa shape index (κ2) is 30.0. The molecule has 1 saturated heterocycles. The van der Waals surface area contributed by atoms with E-state index in [-0.39, 0.29) is 49.5 Å². The van der Waals surface area contributed by atoms with Gasteiger partial charge in [-0.2, -0.15) is 0 Å². The Morgan fingerprint density at radius 2 is 1.47 bits per heavy atom. The first kappa shape index (κ1) is 61.2. The SMILES string of the molecule is C=C1C(=O)N[C@H](C)C(=O)N[C@@H](CCS(C)=O)C(=O)N[C@@H](C(=O)O)[C@H](C)C(=O)N[C@@H](CCCN=C(N)N)C(=O)N[C@@H](/C=C/C(C)=C/[C@H](C)[C@H](Cc2ccccc2)OC)[C@H](C)C(=O)N[C@@H](C(=O)O)CCC(=O)N1C. The number of methoxy groups -OCH3 is 1. The highest BCUT2D eigenvalue weighted by atomic mass is 32.2. The van der Waals surface area contributed by atoms with Crippen molar-refractivity contribution in [3.05, 3.63) is 72.0 Å². The van der Waals surface area contributed by atoms with Crippen molar-refractivity contribution in [3.63, 3.8) is 0 Å². The number of carbonyl (C=O) groups excluding carboxylic acids is 7. The highest BCUT2D eigenvalue weighted by Gasteiger charge is 2.37. The van der Waals surface area contributed by atoms with Gasteiger partial charge in [0.15, 0.2) is 5.96 Å². The predicted molar refractivity (Wildman–Crippen MR) is 268 cm³/mol. The number of guanidine groups is 1.